The molecule has 0 spiro atoms. The van der Waals surface area contributed by atoms with Crippen molar-refractivity contribution in [2.75, 3.05) is 20.8 Å². The second-order valence-corrected chi connectivity index (χ2v) is 16.7. The molecule has 8 aromatic rings. The SMILES string of the molecule is CCOC(=O)c1cncc(-n2c(C)ccc2-c2cc(Br)ccc2OCc2ccc(OC)cc2)c1.COc1ccc(COc2ccc(Br)cc2-c2ccc(C)n2-c2cncc(C(=O)O)c2)cc1. The van der Waals surface area contributed by atoms with E-state index in [1.807, 2.05) is 128 Å². The molecular weight excluding hydrogens is 968 g/mol. The molecule has 8 rings (SSSR count). The van der Waals surface area contributed by atoms with E-state index < -0.39 is 11.9 Å². The Kier molecular flexibility index (Phi) is 15.4. The van der Waals surface area contributed by atoms with E-state index in [4.69, 9.17) is 23.7 Å². The van der Waals surface area contributed by atoms with Crippen LogP contribution in [0.25, 0.3) is 33.9 Å². The second kappa shape index (κ2) is 21.7. The number of hydrogen-bond acceptors (Lipinski definition) is 9. The number of ether oxygens (including phenoxy) is 5. The molecule has 12 nitrogen and oxygen atoms in total. The summed E-state index contributed by atoms with van der Waals surface area (Å²) in [6, 6.07) is 38.7. The number of pyridine rings is 2. The van der Waals surface area contributed by atoms with Crippen LogP contribution in [0.3, 0.4) is 0 Å². The van der Waals surface area contributed by atoms with Crippen LogP contribution in [0.4, 0.5) is 0 Å². The maximum Gasteiger partial charge on any atom is 0.339 e. The number of aromatic carboxylic acids is 1. The van der Waals surface area contributed by atoms with Gasteiger partial charge in [0.15, 0.2) is 0 Å². The Labute approximate surface area is 399 Å². The number of carbonyl (C=O) groups excluding carboxylic acids is 1. The van der Waals surface area contributed by atoms with Crippen LogP contribution in [-0.2, 0) is 18.0 Å². The molecule has 0 radical (unpaired) electrons. The minimum absolute atomic E-state index is 0.131. The molecule has 1 N–H and O–H groups in total. The molecule has 4 aromatic carbocycles. The van der Waals surface area contributed by atoms with Gasteiger partial charge in [0.05, 0.1) is 67.1 Å². The third kappa shape index (κ3) is 11.2. The van der Waals surface area contributed by atoms with E-state index in [1.165, 1.54) is 12.4 Å². The monoisotopic (exact) mass is 1010 g/mol. The molecule has 0 saturated carbocycles. The van der Waals surface area contributed by atoms with E-state index in [0.29, 0.717) is 36.8 Å². The number of methoxy groups -OCH3 is 2. The number of rotatable bonds is 15. The molecule has 0 unspecified atom stereocenters. The third-order valence-electron chi connectivity index (χ3n) is 10.4. The van der Waals surface area contributed by atoms with Gasteiger partial charge in [-0.2, -0.15) is 0 Å². The van der Waals surface area contributed by atoms with Crippen LogP contribution in [0.5, 0.6) is 23.0 Å². The maximum absolute atomic E-state index is 12.3. The number of hydrogen-bond donors (Lipinski definition) is 1. The first kappa shape index (κ1) is 46.8. The summed E-state index contributed by atoms with van der Waals surface area (Å²) in [5, 5.41) is 9.37. The van der Waals surface area contributed by atoms with Crippen molar-refractivity contribution < 1.29 is 38.4 Å². The minimum atomic E-state index is -1.02. The lowest BCUT2D eigenvalue weighted by molar-refractivity contribution is 0.0525. The summed E-state index contributed by atoms with van der Waals surface area (Å²) >= 11 is 7.14. The normalized spacial score (nSPS) is 10.7. The molecule has 336 valence electrons. The third-order valence-corrected chi connectivity index (χ3v) is 11.4. The average Bonchev–Trinajstić information content (AvgIpc) is 3.93. The van der Waals surface area contributed by atoms with E-state index in [9.17, 15) is 14.7 Å². The highest BCUT2D eigenvalue weighted by Crippen LogP contribution is 2.38. The van der Waals surface area contributed by atoms with Gasteiger partial charge >= 0.3 is 11.9 Å². The van der Waals surface area contributed by atoms with Crippen molar-refractivity contribution in [3.8, 4) is 56.9 Å². The predicted molar refractivity (Wildman–Crippen MR) is 260 cm³/mol. The Morgan fingerprint density at radius 2 is 1.02 bits per heavy atom. The molecular formula is C52H46Br2N4O8. The number of halogens is 2. The number of carbonyl (C=O) groups is 2. The van der Waals surface area contributed by atoms with Gasteiger partial charge in [0.1, 0.15) is 36.2 Å². The quantitative estimate of drug-likeness (QED) is 0.0989. The number of carboxylic acids is 1. The number of nitrogens with zero attached hydrogens (tertiary/aromatic N) is 4. The molecule has 0 saturated heterocycles. The molecule has 4 heterocycles. The van der Waals surface area contributed by atoms with Gasteiger partial charge in [-0.15, -0.1) is 0 Å². The Balaban J connectivity index is 0.000000197. The molecule has 4 aromatic heterocycles. The van der Waals surface area contributed by atoms with Crippen molar-refractivity contribution in [2.24, 2.45) is 0 Å². The Bertz CT molecular complexity index is 2970. The lowest BCUT2D eigenvalue weighted by Crippen LogP contribution is -2.07. The van der Waals surface area contributed by atoms with Gasteiger partial charge in [0.2, 0.25) is 0 Å². The number of aromatic nitrogens is 4. The zero-order valence-corrected chi connectivity index (χ0v) is 40.0. The number of carboxylic acid groups (broad SMARTS) is 1. The van der Waals surface area contributed by atoms with Gasteiger partial charge in [-0.1, -0.05) is 56.1 Å². The first-order valence-electron chi connectivity index (χ1n) is 20.8. The second-order valence-electron chi connectivity index (χ2n) is 14.8. The highest BCUT2D eigenvalue weighted by Gasteiger charge is 2.19. The van der Waals surface area contributed by atoms with Crippen molar-refractivity contribution in [2.45, 2.75) is 34.0 Å². The Morgan fingerprint density at radius 1 is 0.576 bits per heavy atom. The predicted octanol–water partition coefficient (Wildman–Crippen LogP) is 12.3. The zero-order chi connectivity index (χ0) is 46.7. The van der Waals surface area contributed by atoms with Crippen molar-refractivity contribution in [1.29, 1.82) is 0 Å². The number of esters is 1. The summed E-state index contributed by atoms with van der Waals surface area (Å²) in [6.45, 7) is 6.88. The van der Waals surface area contributed by atoms with Crippen LogP contribution in [0.1, 0.15) is 50.2 Å². The van der Waals surface area contributed by atoms with E-state index in [0.717, 1.165) is 76.9 Å². The van der Waals surface area contributed by atoms with Crippen LogP contribution in [0.2, 0.25) is 0 Å². The molecule has 66 heavy (non-hydrogen) atoms. The van der Waals surface area contributed by atoms with Gasteiger partial charge in [-0.3, -0.25) is 9.97 Å². The lowest BCUT2D eigenvalue weighted by atomic mass is 10.1. The molecule has 0 atom stereocenters. The molecule has 0 aliphatic heterocycles. The topological polar surface area (TPSA) is 136 Å². The standard InChI is InChI=1S/C27H25BrN2O4.C25H21BrN2O4/c1-4-33-27(31)20-13-22(16-29-15-20)30-18(2)5-11-25(30)24-14-21(28)8-12-26(24)34-17-19-6-9-23(32-3)10-7-19;1-16-3-9-23(28(16)20-11-18(25(29)30)13-27-14-20)22-12-19(26)6-10-24(22)32-15-17-4-7-21(31-2)8-5-17/h5-16H,4,17H2,1-3H3;3-14H,15H2,1-2H3,(H,29,30). The highest BCUT2D eigenvalue weighted by molar-refractivity contribution is 9.10. The van der Waals surface area contributed by atoms with Crippen molar-refractivity contribution >= 4 is 43.8 Å². The van der Waals surface area contributed by atoms with Crippen LogP contribution in [-0.4, -0.2) is 57.0 Å². The zero-order valence-electron chi connectivity index (χ0n) is 36.8. The van der Waals surface area contributed by atoms with Gasteiger partial charge < -0.3 is 37.9 Å². The largest absolute Gasteiger partial charge is 0.497 e. The fourth-order valence-electron chi connectivity index (χ4n) is 7.15. The summed E-state index contributed by atoms with van der Waals surface area (Å²) in [4.78, 5) is 32.1. The number of benzene rings is 4. The summed E-state index contributed by atoms with van der Waals surface area (Å²) in [6.07, 6.45) is 6.24. The molecule has 0 fully saturated rings. The Morgan fingerprint density at radius 3 is 1.44 bits per heavy atom. The fraction of sp³-hybridized carbons (Fsp3) is 0.154. The van der Waals surface area contributed by atoms with Gasteiger partial charge in [0, 0.05) is 43.9 Å². The van der Waals surface area contributed by atoms with Crippen LogP contribution in [0, 0.1) is 13.8 Å². The summed E-state index contributed by atoms with van der Waals surface area (Å²) in [5.41, 5.74) is 9.56. The Hall–Kier alpha value is -7.16. The van der Waals surface area contributed by atoms with Crippen molar-refractivity contribution in [1.82, 2.24) is 19.1 Å². The van der Waals surface area contributed by atoms with E-state index in [1.54, 1.807) is 45.7 Å². The van der Waals surface area contributed by atoms with Gasteiger partial charge in [-0.05, 0) is 129 Å². The lowest BCUT2D eigenvalue weighted by Gasteiger charge is -2.16. The number of aryl methyl sites for hydroxylation is 2. The molecule has 14 heteroatoms. The summed E-state index contributed by atoms with van der Waals surface area (Å²) in [7, 11) is 3.28. The molecule has 0 amide bonds. The van der Waals surface area contributed by atoms with Crippen LogP contribution in [0.15, 0.2) is 155 Å². The molecule has 0 aliphatic rings. The van der Waals surface area contributed by atoms with Crippen molar-refractivity contribution in [3.05, 3.63) is 189 Å². The maximum atomic E-state index is 12.3. The highest BCUT2D eigenvalue weighted by atomic mass is 79.9. The molecule has 0 bridgehead atoms. The first-order valence-corrected chi connectivity index (χ1v) is 22.3. The van der Waals surface area contributed by atoms with Crippen LogP contribution >= 0.6 is 31.9 Å². The molecule has 0 aliphatic carbocycles. The van der Waals surface area contributed by atoms with Crippen LogP contribution < -0.4 is 18.9 Å². The van der Waals surface area contributed by atoms with E-state index >= 15 is 0 Å². The van der Waals surface area contributed by atoms with Gasteiger partial charge in [0.25, 0.3) is 0 Å². The van der Waals surface area contributed by atoms with E-state index in [2.05, 4.69) is 46.4 Å². The van der Waals surface area contributed by atoms with Gasteiger partial charge in [-0.25, -0.2) is 9.59 Å². The fourth-order valence-corrected chi connectivity index (χ4v) is 7.87. The van der Waals surface area contributed by atoms with Crippen molar-refractivity contribution in [3.63, 3.8) is 0 Å². The smallest absolute Gasteiger partial charge is 0.339 e. The van der Waals surface area contributed by atoms with E-state index in [-0.39, 0.29) is 5.56 Å². The minimum Gasteiger partial charge on any atom is -0.497 e. The average molecular weight is 1010 g/mol. The summed E-state index contributed by atoms with van der Waals surface area (Å²) in [5.74, 6) is 1.65. The first-order chi connectivity index (χ1) is 32.0. The summed E-state index contributed by atoms with van der Waals surface area (Å²) < 4.78 is 33.9.